The second-order valence-corrected chi connectivity index (χ2v) is 11.4. The Morgan fingerprint density at radius 2 is 1.50 bits per heavy atom. The summed E-state index contributed by atoms with van der Waals surface area (Å²) in [4.78, 5) is 37.1. The average Bonchev–Trinajstić information content (AvgIpc) is 3.38. The van der Waals surface area contributed by atoms with Crippen LogP contribution in [0.4, 0.5) is 4.39 Å². The molecule has 0 saturated heterocycles. The Bertz CT molecular complexity index is 1650. The fraction of sp³-hybridized carbons (Fsp3) is 0.306. The highest BCUT2D eigenvalue weighted by Crippen LogP contribution is 2.42. The van der Waals surface area contributed by atoms with Gasteiger partial charge >= 0.3 is 11.9 Å². The summed E-state index contributed by atoms with van der Waals surface area (Å²) in [7, 11) is 1.31. The summed E-state index contributed by atoms with van der Waals surface area (Å²) in [5.74, 6) is -2.37. The molecule has 0 saturated carbocycles. The number of esters is 1. The van der Waals surface area contributed by atoms with E-state index in [9.17, 15) is 29.0 Å². The van der Waals surface area contributed by atoms with Gasteiger partial charge in [-0.1, -0.05) is 54.6 Å². The summed E-state index contributed by atoms with van der Waals surface area (Å²) < 4.78 is 20.8. The number of hydrogen-bond donors (Lipinski definition) is 4. The van der Waals surface area contributed by atoms with Crippen LogP contribution in [-0.4, -0.2) is 57.1 Å². The Morgan fingerprint density at radius 3 is 2.09 bits per heavy atom. The van der Waals surface area contributed by atoms with Crippen LogP contribution in [0.15, 0.2) is 78.9 Å². The van der Waals surface area contributed by atoms with Crippen LogP contribution < -0.4 is 5.32 Å². The van der Waals surface area contributed by atoms with Gasteiger partial charge in [-0.2, -0.15) is 0 Å². The van der Waals surface area contributed by atoms with Crippen LogP contribution in [0, 0.1) is 5.82 Å². The van der Waals surface area contributed by atoms with E-state index in [2.05, 4.69) is 5.32 Å². The Labute approximate surface area is 267 Å². The summed E-state index contributed by atoms with van der Waals surface area (Å²) in [5, 5.41) is 32.9. The lowest BCUT2D eigenvalue weighted by Gasteiger charge is -2.20. The summed E-state index contributed by atoms with van der Waals surface area (Å²) in [5.41, 5.74) is 5.10. The van der Waals surface area contributed by atoms with Gasteiger partial charge in [0.25, 0.3) is 5.91 Å². The maximum absolute atomic E-state index is 14.2. The molecule has 0 fully saturated rings. The molecule has 1 amide bonds. The average molecular weight is 631 g/mol. The molecule has 4 rings (SSSR count). The van der Waals surface area contributed by atoms with E-state index in [0.717, 1.165) is 16.8 Å². The summed E-state index contributed by atoms with van der Waals surface area (Å²) in [6.07, 6.45) is -2.33. The van der Waals surface area contributed by atoms with E-state index < -0.39 is 36.4 Å². The van der Waals surface area contributed by atoms with Gasteiger partial charge in [0.2, 0.25) is 0 Å². The highest BCUT2D eigenvalue weighted by molar-refractivity contribution is 6.05. The number of aliphatic hydroxyl groups is 2. The van der Waals surface area contributed by atoms with E-state index in [0.29, 0.717) is 27.9 Å². The molecule has 242 valence electrons. The van der Waals surface area contributed by atoms with Crippen molar-refractivity contribution in [3.05, 3.63) is 107 Å². The monoisotopic (exact) mass is 630 g/mol. The third kappa shape index (κ3) is 8.26. The first-order valence-electron chi connectivity index (χ1n) is 15.1. The van der Waals surface area contributed by atoms with Crippen molar-refractivity contribution in [3.8, 4) is 22.3 Å². The van der Waals surface area contributed by atoms with Crippen LogP contribution in [-0.2, 0) is 22.5 Å². The summed E-state index contributed by atoms with van der Waals surface area (Å²) in [6, 6.07) is 22.0. The number of benzene rings is 3. The zero-order valence-corrected chi connectivity index (χ0v) is 26.1. The van der Waals surface area contributed by atoms with Gasteiger partial charge in [0.05, 0.1) is 31.3 Å². The minimum Gasteiger partial charge on any atom is -0.481 e. The Balaban J connectivity index is 1.81. The molecular formula is C36H39FN2O7. The molecule has 1 heterocycles. The quantitative estimate of drug-likeness (QED) is 0.130. The number of nitrogens with one attached hydrogen (secondary N) is 1. The molecular weight excluding hydrogens is 591 g/mol. The molecule has 2 atom stereocenters. The van der Waals surface area contributed by atoms with Crippen molar-refractivity contribution in [2.75, 3.05) is 7.11 Å². The van der Waals surface area contributed by atoms with Crippen LogP contribution in [0.1, 0.15) is 71.3 Å². The molecule has 0 radical (unpaired) electrons. The highest BCUT2D eigenvalue weighted by Gasteiger charge is 2.30. The molecule has 4 N–H and O–H groups in total. The van der Waals surface area contributed by atoms with Crippen LogP contribution >= 0.6 is 0 Å². The zero-order valence-electron chi connectivity index (χ0n) is 26.1. The smallest absolute Gasteiger partial charge is 0.337 e. The van der Waals surface area contributed by atoms with Gasteiger partial charge in [-0.15, -0.1) is 0 Å². The summed E-state index contributed by atoms with van der Waals surface area (Å²) >= 11 is 0. The second-order valence-electron chi connectivity index (χ2n) is 11.4. The number of ether oxygens (including phenoxy) is 1. The molecule has 9 nitrogen and oxygen atoms in total. The third-order valence-corrected chi connectivity index (χ3v) is 7.73. The van der Waals surface area contributed by atoms with Crippen molar-refractivity contribution in [3.63, 3.8) is 0 Å². The van der Waals surface area contributed by atoms with E-state index in [1.54, 1.807) is 36.4 Å². The lowest BCUT2D eigenvalue weighted by Crippen LogP contribution is -2.27. The largest absolute Gasteiger partial charge is 0.481 e. The van der Waals surface area contributed by atoms with E-state index in [-0.39, 0.29) is 37.8 Å². The third-order valence-electron chi connectivity index (χ3n) is 7.73. The number of carboxylic acid groups (broad SMARTS) is 1. The fourth-order valence-electron chi connectivity index (χ4n) is 5.65. The van der Waals surface area contributed by atoms with E-state index in [1.165, 1.54) is 19.2 Å². The maximum Gasteiger partial charge on any atom is 0.337 e. The van der Waals surface area contributed by atoms with Crippen molar-refractivity contribution in [1.29, 1.82) is 0 Å². The topological polar surface area (TPSA) is 138 Å². The van der Waals surface area contributed by atoms with E-state index in [1.807, 2.05) is 48.7 Å². The molecule has 4 aromatic rings. The molecule has 0 aliphatic heterocycles. The van der Waals surface area contributed by atoms with Crippen molar-refractivity contribution in [2.24, 2.45) is 0 Å². The Kier molecular flexibility index (Phi) is 11.5. The summed E-state index contributed by atoms with van der Waals surface area (Å²) in [6.45, 7) is 4.07. The number of methoxy groups -OCH3 is 1. The van der Waals surface area contributed by atoms with Crippen molar-refractivity contribution < 1.29 is 38.8 Å². The van der Waals surface area contributed by atoms with Gasteiger partial charge in [-0.25, -0.2) is 9.18 Å². The number of amides is 1. The second kappa shape index (κ2) is 15.5. The van der Waals surface area contributed by atoms with E-state index >= 15 is 0 Å². The van der Waals surface area contributed by atoms with Gasteiger partial charge in [-0.05, 0) is 74.1 Å². The SMILES string of the molecule is COC(=O)c1ccc(CNC(=O)c2c(-c3ccccc3)c(-c3ccc(F)cc3)c(CC[C@@H](O)C[C@@H](O)CC(=O)O)n2C(C)C)cc1. The van der Waals surface area contributed by atoms with Gasteiger partial charge in [-0.3, -0.25) is 9.59 Å². The van der Waals surface area contributed by atoms with E-state index in [4.69, 9.17) is 9.84 Å². The van der Waals surface area contributed by atoms with Gasteiger partial charge in [0.15, 0.2) is 0 Å². The number of aliphatic carboxylic acids is 1. The minimum absolute atomic E-state index is 0.117. The van der Waals surface area contributed by atoms with Crippen molar-refractivity contribution in [1.82, 2.24) is 9.88 Å². The van der Waals surface area contributed by atoms with Crippen LogP contribution in [0.5, 0.6) is 0 Å². The lowest BCUT2D eigenvalue weighted by molar-refractivity contribution is -0.139. The number of hydrogen-bond acceptors (Lipinski definition) is 6. The molecule has 1 aromatic heterocycles. The van der Waals surface area contributed by atoms with Crippen molar-refractivity contribution >= 4 is 17.8 Å². The van der Waals surface area contributed by atoms with Gasteiger partial charge in [0, 0.05) is 29.4 Å². The normalized spacial score (nSPS) is 12.5. The highest BCUT2D eigenvalue weighted by atomic mass is 19.1. The predicted molar refractivity (Wildman–Crippen MR) is 172 cm³/mol. The molecule has 0 aliphatic rings. The number of rotatable bonds is 14. The number of carbonyl (C=O) groups excluding carboxylic acids is 2. The van der Waals surface area contributed by atoms with Gasteiger partial charge in [0.1, 0.15) is 11.5 Å². The molecule has 3 aromatic carbocycles. The predicted octanol–water partition coefficient (Wildman–Crippen LogP) is 5.78. The number of halogens is 1. The number of carbonyl (C=O) groups is 3. The molecule has 0 unspecified atom stereocenters. The first-order chi connectivity index (χ1) is 22.0. The van der Waals surface area contributed by atoms with Crippen molar-refractivity contribution in [2.45, 2.75) is 64.3 Å². The minimum atomic E-state index is -1.20. The first-order valence-corrected chi connectivity index (χ1v) is 15.1. The Hall–Kier alpha value is -4.80. The number of aliphatic hydroxyl groups excluding tert-OH is 2. The Morgan fingerprint density at radius 1 is 0.870 bits per heavy atom. The van der Waals surface area contributed by atoms with Gasteiger partial charge < -0.3 is 29.9 Å². The number of carboxylic acids is 1. The van der Waals surface area contributed by atoms with Crippen LogP contribution in [0.2, 0.25) is 0 Å². The molecule has 46 heavy (non-hydrogen) atoms. The number of nitrogens with zero attached hydrogens (tertiary/aromatic N) is 1. The number of aromatic nitrogens is 1. The van der Waals surface area contributed by atoms with Crippen LogP contribution in [0.3, 0.4) is 0 Å². The standard InChI is InChI=1S/C36H39FN2O7/c1-22(2)39-30(18-17-28(40)19-29(41)20-31(42)43)32(25-13-15-27(37)16-14-25)33(24-7-5-4-6-8-24)34(39)35(44)38-21-23-9-11-26(12-10-23)36(45)46-3/h4-16,22,28-29,40-41H,17-21H2,1-3H3,(H,38,44)(H,42,43)/t28-,29-/m1/s1. The molecule has 10 heteroatoms. The fourth-order valence-corrected chi connectivity index (χ4v) is 5.65. The first kappa shape index (κ1) is 34.1. The molecule has 0 bridgehead atoms. The maximum atomic E-state index is 14.2. The lowest BCUT2D eigenvalue weighted by atomic mass is 9.92. The zero-order chi connectivity index (χ0) is 33.4. The van der Waals surface area contributed by atoms with Crippen LogP contribution in [0.25, 0.3) is 22.3 Å². The molecule has 0 spiro atoms. The molecule has 0 aliphatic carbocycles.